The monoisotopic (exact) mass is 460 g/mol. The van der Waals surface area contributed by atoms with Crippen molar-refractivity contribution in [2.45, 2.75) is 47.7 Å². The first kappa shape index (κ1) is 21.7. The lowest BCUT2D eigenvalue weighted by Gasteiger charge is -2.49. The highest BCUT2D eigenvalue weighted by Gasteiger charge is 2.50. The maximum Gasteiger partial charge on any atom is 0.573 e. The number of alkyl halides is 3. The molecule has 3 aliphatic heterocycles. The zero-order valence-corrected chi connectivity index (χ0v) is 17.4. The Morgan fingerprint density at radius 1 is 1.23 bits per heavy atom. The van der Waals surface area contributed by atoms with Crippen molar-refractivity contribution in [1.82, 2.24) is 15.1 Å². The lowest BCUT2D eigenvalue weighted by atomic mass is 9.88. The van der Waals surface area contributed by atoms with Gasteiger partial charge in [0.05, 0.1) is 25.4 Å². The first-order valence-electron chi connectivity index (χ1n) is 9.96. The Morgan fingerprint density at radius 3 is 2.48 bits per heavy atom. The molecule has 2 N–H and O–H groups in total. The Balaban J connectivity index is 1.35. The van der Waals surface area contributed by atoms with Crippen LogP contribution in [-0.2, 0) is 14.5 Å². The van der Waals surface area contributed by atoms with E-state index in [1.54, 1.807) is 9.80 Å². The number of hydrogen-bond acceptors (Lipinski definition) is 5. The largest absolute Gasteiger partial charge is 0.573 e. The number of hydrogen-bond donors (Lipinski definition) is 2. The van der Waals surface area contributed by atoms with Crippen LogP contribution >= 0.6 is 0 Å². The number of carbonyl (C=O) groups excluding carboxylic acids is 2. The molecule has 1 atom stereocenters. The Kier molecular flexibility index (Phi) is 5.31. The van der Waals surface area contributed by atoms with Crippen LogP contribution in [-0.4, -0.2) is 69.3 Å². The van der Waals surface area contributed by atoms with Gasteiger partial charge in [0, 0.05) is 32.6 Å². The summed E-state index contributed by atoms with van der Waals surface area (Å²) in [4.78, 5) is 27.4. The van der Waals surface area contributed by atoms with Crippen molar-refractivity contribution in [3.8, 4) is 5.75 Å². The first-order chi connectivity index (χ1) is 14.5. The van der Waals surface area contributed by atoms with Crippen LogP contribution in [0.5, 0.6) is 5.75 Å². The van der Waals surface area contributed by atoms with Crippen LogP contribution in [0.2, 0.25) is 0 Å². The van der Waals surface area contributed by atoms with Crippen LogP contribution in [0.3, 0.4) is 0 Å². The summed E-state index contributed by atoms with van der Waals surface area (Å²) >= 11 is 0. The number of piperidine rings is 1. The van der Waals surface area contributed by atoms with Gasteiger partial charge in [0.2, 0.25) is 5.91 Å². The summed E-state index contributed by atoms with van der Waals surface area (Å²) < 4.78 is 62.7. The van der Waals surface area contributed by atoms with Gasteiger partial charge in [0.15, 0.2) is 0 Å². The van der Waals surface area contributed by atoms with Gasteiger partial charge in [0.1, 0.15) is 5.75 Å². The van der Waals surface area contributed by atoms with Crippen molar-refractivity contribution in [3.05, 3.63) is 24.3 Å². The van der Waals surface area contributed by atoms with Crippen LogP contribution in [0.4, 0.5) is 18.0 Å². The third kappa shape index (κ3) is 4.43. The summed E-state index contributed by atoms with van der Waals surface area (Å²) in [6, 6.07) is 4.59. The number of rotatable bonds is 3. The van der Waals surface area contributed by atoms with E-state index >= 15 is 0 Å². The fourth-order valence-electron chi connectivity index (χ4n) is 4.46. The molecule has 12 heteroatoms. The summed E-state index contributed by atoms with van der Waals surface area (Å²) in [6.07, 6.45) is -3.05. The Morgan fingerprint density at radius 2 is 1.90 bits per heavy atom. The molecule has 0 radical (unpaired) electrons. The van der Waals surface area contributed by atoms with E-state index < -0.39 is 27.1 Å². The smallest absolute Gasteiger partial charge is 0.406 e. The summed E-state index contributed by atoms with van der Waals surface area (Å²) in [6.45, 7) is 1.57. The predicted octanol–water partition coefficient (Wildman–Crippen LogP) is 2.54. The number of likely N-dealkylation sites (tertiary alicyclic amines) is 2. The average Bonchev–Trinajstić information content (AvgIpc) is 3.07. The third-order valence-corrected chi connectivity index (χ3v) is 8.43. The van der Waals surface area contributed by atoms with E-state index in [0.29, 0.717) is 45.4 Å². The van der Waals surface area contributed by atoms with Crippen molar-refractivity contribution in [1.29, 1.82) is 4.78 Å². The number of halogens is 3. The molecule has 0 bridgehead atoms. The molecule has 1 unspecified atom stereocenters. The molecule has 1 aromatic rings. The maximum absolute atomic E-state index is 13.1. The number of amides is 3. The molecular weight excluding hydrogens is 437 g/mol. The average molecular weight is 460 g/mol. The summed E-state index contributed by atoms with van der Waals surface area (Å²) in [7, 11) is -3.37. The van der Waals surface area contributed by atoms with Crippen molar-refractivity contribution in [3.63, 3.8) is 0 Å². The standard InChI is InChI=1S/C19H23F3N4O4S/c20-19(21,22)30-13-2-1-3-15(10-13)31(23,29)14-5-8-25(9-6-14)17(28)26-11-18(12-26)7-4-16(27)24-18/h1-3,10,14,23H,4-9,11-12H2,(H,24,27). The molecule has 3 fully saturated rings. The van der Waals surface area contributed by atoms with E-state index in [9.17, 15) is 27.0 Å². The van der Waals surface area contributed by atoms with Crippen molar-refractivity contribution in [2.24, 2.45) is 0 Å². The topological polar surface area (TPSA) is 103 Å². The van der Waals surface area contributed by atoms with E-state index in [2.05, 4.69) is 10.1 Å². The fraction of sp³-hybridized carbons (Fsp3) is 0.579. The second kappa shape index (κ2) is 7.57. The van der Waals surface area contributed by atoms with Gasteiger partial charge in [-0.15, -0.1) is 13.2 Å². The molecule has 0 aliphatic carbocycles. The van der Waals surface area contributed by atoms with Gasteiger partial charge in [-0.25, -0.2) is 13.8 Å². The first-order valence-corrected chi connectivity index (χ1v) is 11.6. The molecule has 0 saturated carbocycles. The van der Waals surface area contributed by atoms with Gasteiger partial charge in [0.25, 0.3) is 0 Å². The summed E-state index contributed by atoms with van der Waals surface area (Å²) in [5.74, 6) is -0.508. The predicted molar refractivity (Wildman–Crippen MR) is 104 cm³/mol. The number of ether oxygens (including phenoxy) is 1. The molecule has 4 rings (SSSR count). The highest BCUT2D eigenvalue weighted by atomic mass is 32.2. The van der Waals surface area contributed by atoms with Gasteiger partial charge in [-0.2, -0.15) is 0 Å². The highest BCUT2D eigenvalue weighted by Crippen LogP contribution is 2.33. The summed E-state index contributed by atoms with van der Waals surface area (Å²) in [5.41, 5.74) is -0.302. The Bertz CT molecular complexity index is 984. The highest BCUT2D eigenvalue weighted by molar-refractivity contribution is 7.93. The van der Waals surface area contributed by atoms with Crippen molar-refractivity contribution >= 4 is 21.7 Å². The molecule has 1 aromatic carbocycles. The second-order valence-electron chi connectivity index (χ2n) is 8.28. The minimum atomic E-state index is -4.87. The fourth-order valence-corrected chi connectivity index (χ4v) is 6.29. The molecule has 3 aliphatic rings. The lowest BCUT2D eigenvalue weighted by molar-refractivity contribution is -0.274. The van der Waals surface area contributed by atoms with Crippen molar-refractivity contribution < 1.29 is 31.7 Å². The van der Waals surface area contributed by atoms with E-state index in [1.807, 2.05) is 0 Å². The van der Waals surface area contributed by atoms with Crippen LogP contribution in [0.15, 0.2) is 29.2 Å². The third-order valence-electron chi connectivity index (χ3n) is 6.06. The van der Waals surface area contributed by atoms with E-state index in [4.69, 9.17) is 4.78 Å². The van der Waals surface area contributed by atoms with Gasteiger partial charge in [-0.1, -0.05) is 6.07 Å². The zero-order valence-electron chi connectivity index (χ0n) is 16.6. The molecule has 31 heavy (non-hydrogen) atoms. The molecule has 3 saturated heterocycles. The summed E-state index contributed by atoms with van der Waals surface area (Å²) in [5, 5.41) is 2.35. The number of carbonyl (C=O) groups is 2. The Labute approximate surface area is 177 Å². The van der Waals surface area contributed by atoms with Crippen LogP contribution in [0.25, 0.3) is 0 Å². The van der Waals surface area contributed by atoms with Crippen LogP contribution in [0, 0.1) is 4.78 Å². The molecule has 3 amide bonds. The molecule has 3 heterocycles. The van der Waals surface area contributed by atoms with Gasteiger partial charge < -0.3 is 19.9 Å². The number of urea groups is 1. The molecule has 8 nitrogen and oxygen atoms in total. The SMILES string of the molecule is N=S(=O)(c1cccc(OC(F)(F)F)c1)C1CCN(C(=O)N2CC3(CCC(=O)N3)C2)CC1. The normalized spacial score (nSPS) is 23.3. The molecular formula is C19H23F3N4O4S. The molecule has 1 spiro atoms. The van der Waals surface area contributed by atoms with E-state index in [0.717, 1.165) is 18.6 Å². The molecule has 0 aromatic heterocycles. The second-order valence-corrected chi connectivity index (χ2v) is 10.6. The quantitative estimate of drug-likeness (QED) is 0.724. The Hall–Kier alpha value is -2.50. The van der Waals surface area contributed by atoms with Gasteiger partial charge >= 0.3 is 12.4 Å². The minimum Gasteiger partial charge on any atom is -0.406 e. The van der Waals surface area contributed by atoms with Crippen molar-refractivity contribution in [2.75, 3.05) is 26.2 Å². The zero-order chi connectivity index (χ0) is 22.4. The van der Waals surface area contributed by atoms with Crippen LogP contribution in [0.1, 0.15) is 25.7 Å². The molecule has 170 valence electrons. The van der Waals surface area contributed by atoms with Gasteiger partial charge in [-0.3, -0.25) is 4.79 Å². The van der Waals surface area contributed by atoms with E-state index in [1.165, 1.54) is 12.1 Å². The number of nitrogens with one attached hydrogen (secondary N) is 2. The van der Waals surface area contributed by atoms with Gasteiger partial charge in [-0.05, 0) is 37.5 Å². The lowest BCUT2D eigenvalue weighted by Crippen LogP contribution is -2.70. The maximum atomic E-state index is 13.1. The van der Waals surface area contributed by atoms with Crippen LogP contribution < -0.4 is 10.1 Å². The number of benzene rings is 1. The van der Waals surface area contributed by atoms with E-state index in [-0.39, 0.29) is 22.4 Å². The number of nitrogens with zero attached hydrogens (tertiary/aromatic N) is 2. The minimum absolute atomic E-state index is 0.00261.